The number of carbonyl (C=O) groups excluding carboxylic acids is 1. The summed E-state index contributed by atoms with van der Waals surface area (Å²) in [6.07, 6.45) is 3.66. The largest absolute Gasteiger partial charge is 0.298 e. The van der Waals surface area contributed by atoms with Crippen molar-refractivity contribution in [3.05, 3.63) is 17.5 Å². The smallest absolute Gasteiger partial charge is 0.153 e. The van der Waals surface area contributed by atoms with E-state index in [2.05, 4.69) is 25.9 Å². The van der Waals surface area contributed by atoms with Gasteiger partial charge in [0.1, 0.15) is 0 Å². The van der Waals surface area contributed by atoms with Crippen molar-refractivity contribution >= 4 is 6.29 Å². The Labute approximate surface area is 78.8 Å². The van der Waals surface area contributed by atoms with Crippen LogP contribution in [0.3, 0.4) is 0 Å². The first-order chi connectivity index (χ1) is 6.01. The Kier molecular flexibility index (Phi) is 2.55. The van der Waals surface area contributed by atoms with Crippen LogP contribution in [-0.4, -0.2) is 16.1 Å². The number of hydrogen-bond acceptors (Lipinski definition) is 2. The van der Waals surface area contributed by atoms with Gasteiger partial charge in [-0.25, -0.2) is 0 Å². The molecule has 1 aromatic rings. The van der Waals surface area contributed by atoms with Crippen LogP contribution in [0.4, 0.5) is 0 Å². The van der Waals surface area contributed by atoms with Gasteiger partial charge in [-0.15, -0.1) is 0 Å². The molecule has 0 aromatic carbocycles. The molecule has 0 amide bonds. The Morgan fingerprint density at radius 3 is 2.62 bits per heavy atom. The third-order valence-electron chi connectivity index (χ3n) is 2.55. The van der Waals surface area contributed by atoms with Gasteiger partial charge in [-0.1, -0.05) is 6.92 Å². The van der Waals surface area contributed by atoms with Crippen molar-refractivity contribution in [1.29, 1.82) is 0 Å². The summed E-state index contributed by atoms with van der Waals surface area (Å²) in [6.45, 7) is 8.17. The number of hydrogen-bond donors (Lipinski definition) is 0. The molecule has 1 rings (SSSR count). The molecule has 0 aliphatic rings. The summed E-state index contributed by atoms with van der Waals surface area (Å²) >= 11 is 0. The van der Waals surface area contributed by atoms with Crippen LogP contribution in [0, 0.1) is 6.92 Å². The van der Waals surface area contributed by atoms with E-state index in [1.54, 1.807) is 0 Å². The van der Waals surface area contributed by atoms with E-state index in [1.807, 2.05) is 17.8 Å². The zero-order chi connectivity index (χ0) is 10.1. The Hall–Kier alpha value is -1.12. The molecule has 3 nitrogen and oxygen atoms in total. The van der Waals surface area contributed by atoms with E-state index in [4.69, 9.17) is 0 Å². The van der Waals surface area contributed by atoms with Crippen LogP contribution < -0.4 is 0 Å². The Morgan fingerprint density at radius 1 is 1.62 bits per heavy atom. The summed E-state index contributed by atoms with van der Waals surface area (Å²) in [5.74, 6) is 0. The molecule has 3 heteroatoms. The second kappa shape index (κ2) is 3.32. The van der Waals surface area contributed by atoms with Crippen LogP contribution >= 0.6 is 0 Å². The van der Waals surface area contributed by atoms with Crippen LogP contribution in [0.15, 0.2) is 6.20 Å². The van der Waals surface area contributed by atoms with Crippen molar-refractivity contribution in [2.24, 2.45) is 0 Å². The fraction of sp³-hybridized carbons (Fsp3) is 0.600. The summed E-state index contributed by atoms with van der Waals surface area (Å²) in [5, 5.41) is 4.31. The summed E-state index contributed by atoms with van der Waals surface area (Å²) in [5.41, 5.74) is 1.48. The van der Waals surface area contributed by atoms with Crippen molar-refractivity contribution < 1.29 is 4.79 Å². The number of aldehydes is 1. The van der Waals surface area contributed by atoms with Crippen LogP contribution in [0.5, 0.6) is 0 Å². The molecule has 72 valence electrons. The van der Waals surface area contributed by atoms with Crippen molar-refractivity contribution in [3.63, 3.8) is 0 Å². The van der Waals surface area contributed by atoms with E-state index < -0.39 is 0 Å². The van der Waals surface area contributed by atoms with Gasteiger partial charge in [0.15, 0.2) is 6.29 Å². The molecule has 0 N–H and O–H groups in total. The van der Waals surface area contributed by atoms with Crippen molar-refractivity contribution in [2.75, 3.05) is 0 Å². The lowest BCUT2D eigenvalue weighted by atomic mass is 10.0. The molecule has 0 atom stereocenters. The molecule has 1 aromatic heterocycles. The minimum absolute atomic E-state index is 0.00792. The maximum Gasteiger partial charge on any atom is 0.153 e. The number of nitrogens with zero attached hydrogens (tertiary/aromatic N) is 2. The molecule has 0 unspecified atom stereocenters. The highest BCUT2D eigenvalue weighted by Crippen LogP contribution is 2.19. The molecular formula is C10H16N2O. The standard InChI is InChI=1S/C10H16N2O/c1-5-10(3,4)12-6-9(7-13)8(2)11-12/h6-7H,5H2,1-4H3. The fourth-order valence-electron chi connectivity index (χ4n) is 1.06. The van der Waals surface area contributed by atoms with Crippen molar-refractivity contribution in [3.8, 4) is 0 Å². The van der Waals surface area contributed by atoms with Gasteiger partial charge in [0.05, 0.1) is 16.8 Å². The number of aryl methyl sites for hydroxylation is 1. The van der Waals surface area contributed by atoms with Gasteiger partial charge < -0.3 is 0 Å². The summed E-state index contributed by atoms with van der Waals surface area (Å²) in [7, 11) is 0. The maximum atomic E-state index is 10.6. The zero-order valence-electron chi connectivity index (χ0n) is 8.66. The average Bonchev–Trinajstić information content (AvgIpc) is 2.47. The van der Waals surface area contributed by atoms with E-state index in [9.17, 15) is 4.79 Å². The van der Waals surface area contributed by atoms with Gasteiger partial charge in [-0.05, 0) is 27.2 Å². The van der Waals surface area contributed by atoms with Crippen molar-refractivity contribution in [1.82, 2.24) is 9.78 Å². The molecule has 13 heavy (non-hydrogen) atoms. The predicted molar refractivity (Wildman–Crippen MR) is 52.0 cm³/mol. The lowest BCUT2D eigenvalue weighted by Crippen LogP contribution is -2.25. The summed E-state index contributed by atoms with van der Waals surface area (Å²) in [6, 6.07) is 0. The van der Waals surface area contributed by atoms with Gasteiger partial charge in [0, 0.05) is 6.20 Å². The molecule has 0 aliphatic carbocycles. The second-order valence-electron chi connectivity index (χ2n) is 3.90. The molecule has 0 bridgehead atoms. The molecule has 0 saturated heterocycles. The highest BCUT2D eigenvalue weighted by Gasteiger charge is 2.19. The third kappa shape index (κ3) is 1.79. The average molecular weight is 180 g/mol. The van der Waals surface area contributed by atoms with E-state index in [1.165, 1.54) is 0 Å². The lowest BCUT2D eigenvalue weighted by Gasteiger charge is -2.23. The van der Waals surface area contributed by atoms with Crippen LogP contribution in [0.1, 0.15) is 43.2 Å². The van der Waals surface area contributed by atoms with Gasteiger partial charge in [0.25, 0.3) is 0 Å². The normalized spacial score (nSPS) is 11.7. The van der Waals surface area contributed by atoms with Crippen LogP contribution in [0.2, 0.25) is 0 Å². The number of rotatable bonds is 3. The van der Waals surface area contributed by atoms with E-state index in [-0.39, 0.29) is 5.54 Å². The lowest BCUT2D eigenvalue weighted by molar-refractivity contribution is 0.112. The van der Waals surface area contributed by atoms with Crippen molar-refractivity contribution in [2.45, 2.75) is 39.7 Å². The Morgan fingerprint density at radius 2 is 2.23 bits per heavy atom. The topological polar surface area (TPSA) is 34.9 Å². The molecule has 0 spiro atoms. The molecular weight excluding hydrogens is 164 g/mol. The first-order valence-corrected chi connectivity index (χ1v) is 4.53. The first kappa shape index (κ1) is 9.96. The highest BCUT2D eigenvalue weighted by atomic mass is 16.1. The monoisotopic (exact) mass is 180 g/mol. The number of aromatic nitrogens is 2. The van der Waals surface area contributed by atoms with Crippen LogP contribution in [0.25, 0.3) is 0 Å². The zero-order valence-corrected chi connectivity index (χ0v) is 8.66. The van der Waals surface area contributed by atoms with Gasteiger partial charge in [0.2, 0.25) is 0 Å². The maximum absolute atomic E-state index is 10.6. The van der Waals surface area contributed by atoms with E-state index >= 15 is 0 Å². The Bertz CT molecular complexity index is 313. The fourth-order valence-corrected chi connectivity index (χ4v) is 1.06. The van der Waals surface area contributed by atoms with E-state index in [0.717, 1.165) is 18.4 Å². The quantitative estimate of drug-likeness (QED) is 0.668. The summed E-state index contributed by atoms with van der Waals surface area (Å²) < 4.78 is 1.87. The molecule has 0 radical (unpaired) electrons. The molecule has 1 heterocycles. The van der Waals surface area contributed by atoms with Gasteiger partial charge in [-0.2, -0.15) is 5.10 Å². The van der Waals surface area contributed by atoms with Gasteiger partial charge in [-0.3, -0.25) is 9.48 Å². The van der Waals surface area contributed by atoms with Crippen LogP contribution in [-0.2, 0) is 5.54 Å². The highest BCUT2D eigenvalue weighted by molar-refractivity contribution is 5.75. The number of carbonyl (C=O) groups is 1. The predicted octanol–water partition coefficient (Wildman–Crippen LogP) is 2.15. The third-order valence-corrected chi connectivity index (χ3v) is 2.55. The molecule has 0 aliphatic heterocycles. The summed E-state index contributed by atoms with van der Waals surface area (Å²) in [4.78, 5) is 10.6. The molecule has 0 fully saturated rings. The minimum Gasteiger partial charge on any atom is -0.298 e. The second-order valence-corrected chi connectivity index (χ2v) is 3.90. The Balaban J connectivity index is 3.10. The first-order valence-electron chi connectivity index (χ1n) is 4.53. The van der Waals surface area contributed by atoms with Gasteiger partial charge >= 0.3 is 0 Å². The SMILES string of the molecule is CCC(C)(C)n1cc(C=O)c(C)n1. The molecule has 0 saturated carbocycles. The minimum atomic E-state index is -0.00792. The van der Waals surface area contributed by atoms with E-state index in [0.29, 0.717) is 5.56 Å².